The summed E-state index contributed by atoms with van der Waals surface area (Å²) in [7, 11) is 0. The smallest absolute Gasteiger partial charge is 0.314 e. The molecule has 2 atom stereocenters. The lowest BCUT2D eigenvalue weighted by Gasteiger charge is -2.45. The fourth-order valence-electron chi connectivity index (χ4n) is 4.28. The van der Waals surface area contributed by atoms with E-state index in [1.54, 1.807) is 12.4 Å². The Morgan fingerprint density at radius 3 is 2.77 bits per heavy atom. The number of fused-ring (bicyclic) bond motifs is 4. The molecule has 1 aromatic heterocycles. The second-order valence-electron chi connectivity index (χ2n) is 7.57. The molecule has 0 saturated carbocycles. The lowest BCUT2D eigenvalue weighted by atomic mass is 9.96. The number of rotatable bonds is 2. The first-order valence-electron chi connectivity index (χ1n) is 10.1. The van der Waals surface area contributed by atoms with E-state index >= 15 is 0 Å². The molecule has 3 aliphatic heterocycles. The molecule has 0 radical (unpaired) electrons. The zero-order valence-corrected chi connectivity index (χ0v) is 17.3. The number of ether oxygens (including phenoxy) is 1. The molecule has 3 aromatic rings. The molecule has 2 aromatic carbocycles. The van der Waals surface area contributed by atoms with Crippen LogP contribution in [0.2, 0.25) is 0 Å². The van der Waals surface area contributed by atoms with Gasteiger partial charge in [0.25, 0.3) is 5.24 Å². The third-order valence-electron chi connectivity index (χ3n) is 5.67. The van der Waals surface area contributed by atoms with Crippen molar-refractivity contribution >= 4 is 28.8 Å². The number of pyridine rings is 1. The van der Waals surface area contributed by atoms with Crippen LogP contribution in [0.4, 0.5) is 4.79 Å². The Morgan fingerprint density at radius 2 is 1.94 bits per heavy atom. The first kappa shape index (κ1) is 18.2. The lowest BCUT2D eigenvalue weighted by Crippen LogP contribution is -2.61. The number of para-hydroxylation sites is 1. The molecule has 1 saturated heterocycles. The van der Waals surface area contributed by atoms with Gasteiger partial charge in [-0.15, -0.1) is 0 Å². The van der Waals surface area contributed by atoms with Crippen LogP contribution >= 0.6 is 11.8 Å². The van der Waals surface area contributed by atoms with Crippen molar-refractivity contribution in [3.8, 4) is 5.75 Å². The summed E-state index contributed by atoms with van der Waals surface area (Å²) in [6.45, 7) is 0. The quantitative estimate of drug-likeness (QED) is 0.639. The van der Waals surface area contributed by atoms with Gasteiger partial charge in [-0.1, -0.05) is 54.6 Å². The Kier molecular flexibility index (Phi) is 4.11. The number of hydrogen-bond acceptors (Lipinski definition) is 6. The minimum Gasteiger partial charge on any atom is -0.444 e. The van der Waals surface area contributed by atoms with Gasteiger partial charge in [-0.25, -0.2) is 5.01 Å². The second kappa shape index (κ2) is 6.99. The van der Waals surface area contributed by atoms with Crippen molar-refractivity contribution in [2.75, 3.05) is 0 Å². The number of aromatic nitrogens is 1. The van der Waals surface area contributed by atoms with Crippen LogP contribution in [0.3, 0.4) is 0 Å². The summed E-state index contributed by atoms with van der Waals surface area (Å²) in [5.74, 6) is -0.430. The molecular formula is C24H18N4O2S. The number of amides is 1. The molecule has 31 heavy (non-hydrogen) atoms. The Morgan fingerprint density at radius 1 is 1.10 bits per heavy atom. The van der Waals surface area contributed by atoms with Crippen molar-refractivity contribution in [3.05, 3.63) is 101 Å². The highest BCUT2D eigenvalue weighted by Gasteiger charge is 2.58. The molecule has 6 nitrogen and oxygen atoms in total. The SMILES string of the molecule is O=C1N[C@@]2(Oc3ccccc3[C@H]3CC(c4ccccc4)=NN32)/C(=C/c2cccnc2)S1. The molecule has 0 bridgehead atoms. The number of thioether (sulfide) groups is 1. The van der Waals surface area contributed by atoms with Crippen LogP contribution in [0.5, 0.6) is 5.75 Å². The molecule has 152 valence electrons. The summed E-state index contributed by atoms with van der Waals surface area (Å²) in [5, 5.41) is 9.78. The fourth-order valence-corrected chi connectivity index (χ4v) is 5.19. The summed E-state index contributed by atoms with van der Waals surface area (Å²) in [4.78, 5) is 17.5. The van der Waals surface area contributed by atoms with E-state index in [4.69, 9.17) is 9.84 Å². The molecule has 1 spiro atoms. The molecule has 1 fully saturated rings. The van der Waals surface area contributed by atoms with Gasteiger partial charge in [-0.3, -0.25) is 15.1 Å². The number of hydrazone groups is 1. The van der Waals surface area contributed by atoms with E-state index < -0.39 is 5.85 Å². The van der Waals surface area contributed by atoms with Crippen molar-refractivity contribution in [3.63, 3.8) is 0 Å². The van der Waals surface area contributed by atoms with E-state index in [1.807, 2.05) is 59.6 Å². The maximum atomic E-state index is 12.6. The van der Waals surface area contributed by atoms with Crippen LogP contribution < -0.4 is 10.1 Å². The largest absolute Gasteiger partial charge is 0.444 e. The van der Waals surface area contributed by atoms with E-state index in [0.717, 1.165) is 51.2 Å². The first-order chi connectivity index (χ1) is 15.2. The summed E-state index contributed by atoms with van der Waals surface area (Å²) in [6, 6.07) is 21.9. The molecular weight excluding hydrogens is 408 g/mol. The Bertz CT molecular complexity index is 1230. The normalized spacial score (nSPS) is 25.1. The third-order valence-corrected chi connectivity index (χ3v) is 6.57. The summed E-state index contributed by atoms with van der Waals surface area (Å²) >= 11 is 1.13. The van der Waals surface area contributed by atoms with Crippen molar-refractivity contribution in [2.24, 2.45) is 5.10 Å². The number of benzene rings is 2. The average molecular weight is 427 g/mol. The highest BCUT2D eigenvalue weighted by Crippen LogP contribution is 2.52. The van der Waals surface area contributed by atoms with Gasteiger partial charge in [0, 0.05) is 24.4 Å². The fraction of sp³-hybridized carbons (Fsp3) is 0.125. The van der Waals surface area contributed by atoms with Gasteiger partial charge < -0.3 is 4.74 Å². The van der Waals surface area contributed by atoms with E-state index in [1.165, 1.54) is 0 Å². The number of carbonyl (C=O) groups excluding carboxylic acids is 1. The minimum absolute atomic E-state index is 0.0449. The minimum atomic E-state index is -1.19. The van der Waals surface area contributed by atoms with Crippen molar-refractivity contribution < 1.29 is 9.53 Å². The van der Waals surface area contributed by atoms with Gasteiger partial charge in [-0.2, -0.15) is 5.10 Å². The topological polar surface area (TPSA) is 66.8 Å². The maximum absolute atomic E-state index is 12.6. The standard InChI is InChI=1S/C24H18N4O2S/c29-23-26-24(22(31-23)13-16-7-6-12-25-15-16)28-20(18-10-4-5-11-21(18)30-24)14-19(27-28)17-8-2-1-3-9-17/h1-13,15,20H,14H2,(H,26,29)/b22-13-/t20-,24+/m1/s1. The number of carbonyl (C=O) groups is 1. The summed E-state index contributed by atoms with van der Waals surface area (Å²) in [5.41, 5.74) is 4.00. The van der Waals surface area contributed by atoms with Crippen LogP contribution in [0.25, 0.3) is 6.08 Å². The third kappa shape index (κ3) is 2.92. The number of nitrogens with zero attached hydrogens (tertiary/aromatic N) is 3. The van der Waals surface area contributed by atoms with E-state index in [9.17, 15) is 4.79 Å². The second-order valence-corrected chi connectivity index (χ2v) is 8.59. The molecule has 1 amide bonds. The van der Waals surface area contributed by atoms with E-state index in [-0.39, 0.29) is 11.3 Å². The first-order valence-corrected chi connectivity index (χ1v) is 10.9. The van der Waals surface area contributed by atoms with Gasteiger partial charge in [-0.05, 0) is 41.1 Å². The predicted octanol–water partition coefficient (Wildman–Crippen LogP) is 4.78. The lowest BCUT2D eigenvalue weighted by molar-refractivity contribution is -0.0949. The highest BCUT2D eigenvalue weighted by atomic mass is 32.2. The predicted molar refractivity (Wildman–Crippen MR) is 120 cm³/mol. The molecule has 7 heteroatoms. The van der Waals surface area contributed by atoms with Crippen molar-refractivity contribution in [1.29, 1.82) is 0 Å². The zero-order chi connectivity index (χ0) is 20.8. The van der Waals surface area contributed by atoms with Gasteiger partial charge in [0.1, 0.15) is 5.75 Å². The molecule has 3 aliphatic rings. The van der Waals surface area contributed by atoms with Crippen LogP contribution in [0, 0.1) is 0 Å². The van der Waals surface area contributed by atoms with Gasteiger partial charge in [0.2, 0.25) is 0 Å². The van der Waals surface area contributed by atoms with Crippen LogP contribution in [0.1, 0.15) is 29.2 Å². The molecule has 4 heterocycles. The van der Waals surface area contributed by atoms with Gasteiger partial charge >= 0.3 is 5.85 Å². The summed E-state index contributed by atoms with van der Waals surface area (Å²) in [6.07, 6.45) is 6.16. The van der Waals surface area contributed by atoms with Gasteiger partial charge in [0.15, 0.2) is 0 Å². The van der Waals surface area contributed by atoms with E-state index in [2.05, 4.69) is 28.5 Å². The zero-order valence-electron chi connectivity index (χ0n) is 16.4. The van der Waals surface area contributed by atoms with Gasteiger partial charge in [0.05, 0.1) is 16.7 Å². The Hall–Kier alpha value is -3.58. The number of hydrogen-bond donors (Lipinski definition) is 1. The maximum Gasteiger partial charge on any atom is 0.314 e. The van der Waals surface area contributed by atoms with Crippen molar-refractivity contribution in [1.82, 2.24) is 15.3 Å². The van der Waals surface area contributed by atoms with Crippen LogP contribution in [-0.4, -0.2) is 26.8 Å². The Labute approximate surface area is 183 Å². The molecule has 0 aliphatic carbocycles. The molecule has 6 rings (SSSR count). The molecule has 1 N–H and O–H groups in total. The Balaban J connectivity index is 1.52. The monoisotopic (exact) mass is 426 g/mol. The molecule has 0 unspecified atom stereocenters. The highest BCUT2D eigenvalue weighted by molar-refractivity contribution is 8.17. The average Bonchev–Trinajstić information content (AvgIpc) is 3.38. The number of nitrogens with one attached hydrogen (secondary N) is 1. The van der Waals surface area contributed by atoms with Crippen LogP contribution in [0.15, 0.2) is 89.1 Å². The van der Waals surface area contributed by atoms with Crippen molar-refractivity contribution in [2.45, 2.75) is 18.3 Å². The van der Waals surface area contributed by atoms with E-state index in [0.29, 0.717) is 0 Å². The summed E-state index contributed by atoms with van der Waals surface area (Å²) < 4.78 is 6.51. The van der Waals surface area contributed by atoms with Crippen LogP contribution in [-0.2, 0) is 0 Å².